The fourth-order valence-electron chi connectivity index (χ4n) is 3.68. The molecule has 2 atom stereocenters. The Bertz CT molecular complexity index is 960. The predicted molar refractivity (Wildman–Crippen MR) is 107 cm³/mol. The van der Waals surface area contributed by atoms with E-state index in [4.69, 9.17) is 10.5 Å². The maximum absolute atomic E-state index is 12.0. The number of nitrogens with one attached hydrogen (secondary N) is 1. The number of fused-ring (bicyclic) bond motifs is 1. The Balaban J connectivity index is 1.74. The first-order valence-corrected chi connectivity index (χ1v) is 9.04. The maximum atomic E-state index is 12.0. The molecular weight excluding hydrogens is 342 g/mol. The summed E-state index contributed by atoms with van der Waals surface area (Å²) in [6, 6.07) is 13.4. The molecule has 1 amide bonds. The fraction of sp³-hybridized carbons (Fsp3) is 0.300. The van der Waals surface area contributed by atoms with Gasteiger partial charge in [-0.25, -0.2) is 0 Å². The molecule has 1 fully saturated rings. The van der Waals surface area contributed by atoms with Crippen LogP contribution >= 0.6 is 0 Å². The third-order valence-electron chi connectivity index (χ3n) is 4.84. The van der Waals surface area contributed by atoms with Gasteiger partial charge in [-0.05, 0) is 44.2 Å². The summed E-state index contributed by atoms with van der Waals surface area (Å²) in [6.45, 7) is 5.71. The number of carbonyl (C=O) groups is 1. The summed E-state index contributed by atoms with van der Waals surface area (Å²) in [5.74, 6) is 0.535. The molecule has 7 heteroatoms. The standard InChI is InChI=1S/C20H23N5O2/c1-13-10-24(11-14(2)27-13)15-7-8-17(21)19(9-15)25(12-26)20-16-5-3-4-6-18(16)22-23-20/h3-9,12-14H,10-11,21H2,1-2H3,(H,22,23)/t13-,14+. The molecule has 0 saturated carbocycles. The number of para-hydroxylation sites is 1. The SMILES string of the molecule is C[C@@H]1CN(c2ccc(N)c(N(C=O)c3n[nH]c4ccccc34)c2)C[C@H](C)O1. The first-order valence-electron chi connectivity index (χ1n) is 9.04. The Morgan fingerprint density at radius 1 is 1.22 bits per heavy atom. The molecule has 1 aromatic heterocycles. The number of nitrogens with zero attached hydrogens (tertiary/aromatic N) is 3. The summed E-state index contributed by atoms with van der Waals surface area (Å²) in [7, 11) is 0. The summed E-state index contributed by atoms with van der Waals surface area (Å²) in [6.07, 6.45) is 1.04. The van der Waals surface area contributed by atoms with E-state index in [-0.39, 0.29) is 12.2 Å². The largest absolute Gasteiger partial charge is 0.397 e. The highest BCUT2D eigenvalue weighted by Crippen LogP contribution is 2.35. The number of aromatic amines is 1. The van der Waals surface area contributed by atoms with Crippen molar-refractivity contribution in [3.05, 3.63) is 42.5 Å². The Morgan fingerprint density at radius 2 is 1.96 bits per heavy atom. The molecule has 27 heavy (non-hydrogen) atoms. The molecule has 0 unspecified atom stereocenters. The van der Waals surface area contributed by atoms with Gasteiger partial charge < -0.3 is 15.4 Å². The lowest BCUT2D eigenvalue weighted by Crippen LogP contribution is -2.45. The van der Waals surface area contributed by atoms with Crippen molar-refractivity contribution < 1.29 is 9.53 Å². The maximum Gasteiger partial charge on any atom is 0.220 e. The third kappa shape index (κ3) is 3.21. The molecule has 3 aromatic rings. The number of hydrogen-bond donors (Lipinski definition) is 2. The molecule has 0 radical (unpaired) electrons. The molecule has 0 bridgehead atoms. The van der Waals surface area contributed by atoms with Gasteiger partial charge in [0.05, 0.1) is 29.1 Å². The average Bonchev–Trinajstić information content (AvgIpc) is 3.07. The van der Waals surface area contributed by atoms with E-state index >= 15 is 0 Å². The quantitative estimate of drug-likeness (QED) is 0.548. The number of ether oxygens (including phenoxy) is 1. The lowest BCUT2D eigenvalue weighted by Gasteiger charge is -2.37. The number of amides is 1. The first kappa shape index (κ1) is 17.4. The van der Waals surface area contributed by atoms with Gasteiger partial charge in [-0.2, -0.15) is 5.10 Å². The lowest BCUT2D eigenvalue weighted by molar-refractivity contribution is -0.106. The van der Waals surface area contributed by atoms with Crippen molar-refractivity contribution in [3.8, 4) is 0 Å². The second-order valence-corrected chi connectivity index (χ2v) is 6.97. The van der Waals surface area contributed by atoms with Crippen molar-refractivity contribution in [2.24, 2.45) is 0 Å². The number of morpholine rings is 1. The Kier molecular flexibility index (Phi) is 4.45. The highest BCUT2D eigenvalue weighted by Gasteiger charge is 2.24. The van der Waals surface area contributed by atoms with Crippen molar-refractivity contribution in [1.82, 2.24) is 10.2 Å². The van der Waals surface area contributed by atoms with E-state index < -0.39 is 0 Å². The number of rotatable bonds is 4. The summed E-state index contributed by atoms with van der Waals surface area (Å²) < 4.78 is 5.82. The average molecular weight is 365 g/mol. The topological polar surface area (TPSA) is 87.5 Å². The third-order valence-corrected chi connectivity index (χ3v) is 4.84. The van der Waals surface area contributed by atoms with E-state index in [1.165, 1.54) is 4.90 Å². The molecule has 3 N–H and O–H groups in total. The van der Waals surface area contributed by atoms with Gasteiger partial charge in [0.1, 0.15) is 0 Å². The number of nitrogen functional groups attached to an aromatic ring is 1. The minimum Gasteiger partial charge on any atom is -0.397 e. The number of carbonyl (C=O) groups excluding carboxylic acids is 1. The lowest BCUT2D eigenvalue weighted by atomic mass is 10.1. The van der Waals surface area contributed by atoms with Crippen LogP contribution in [-0.2, 0) is 9.53 Å². The van der Waals surface area contributed by atoms with Crippen LogP contribution in [0.15, 0.2) is 42.5 Å². The van der Waals surface area contributed by atoms with Crippen LogP contribution in [-0.4, -0.2) is 41.9 Å². The molecule has 1 aliphatic rings. The van der Waals surface area contributed by atoms with Crippen LogP contribution in [0.2, 0.25) is 0 Å². The monoisotopic (exact) mass is 365 g/mol. The van der Waals surface area contributed by atoms with Crippen LogP contribution in [0.4, 0.5) is 22.9 Å². The number of benzene rings is 2. The molecule has 4 rings (SSSR count). The molecule has 140 valence electrons. The smallest absolute Gasteiger partial charge is 0.220 e. The van der Waals surface area contributed by atoms with Crippen LogP contribution in [0.5, 0.6) is 0 Å². The van der Waals surface area contributed by atoms with E-state index in [1.54, 1.807) is 0 Å². The van der Waals surface area contributed by atoms with Crippen molar-refractivity contribution in [1.29, 1.82) is 0 Å². The normalized spacial score (nSPS) is 20.0. The van der Waals surface area contributed by atoms with E-state index in [2.05, 4.69) is 28.9 Å². The molecule has 0 aliphatic carbocycles. The fourth-order valence-corrected chi connectivity index (χ4v) is 3.68. The molecule has 1 aliphatic heterocycles. The second-order valence-electron chi connectivity index (χ2n) is 6.97. The van der Waals surface area contributed by atoms with Crippen LogP contribution < -0.4 is 15.5 Å². The number of nitrogens with two attached hydrogens (primary N) is 1. The first-order chi connectivity index (χ1) is 13.1. The molecule has 1 saturated heterocycles. The summed E-state index contributed by atoms with van der Waals surface area (Å²) in [5, 5.41) is 8.16. The van der Waals surface area contributed by atoms with Crippen molar-refractivity contribution >= 4 is 40.2 Å². The van der Waals surface area contributed by atoms with Gasteiger partial charge in [0.2, 0.25) is 6.41 Å². The molecule has 2 heterocycles. The molecule has 0 spiro atoms. The number of anilines is 4. The van der Waals surface area contributed by atoms with Gasteiger partial charge in [-0.3, -0.25) is 14.8 Å². The van der Waals surface area contributed by atoms with Crippen molar-refractivity contribution in [2.45, 2.75) is 26.1 Å². The molecule has 2 aromatic carbocycles. The highest BCUT2D eigenvalue weighted by molar-refractivity contribution is 6.01. The van der Waals surface area contributed by atoms with Crippen LogP contribution in [0.1, 0.15) is 13.8 Å². The zero-order valence-electron chi connectivity index (χ0n) is 15.4. The van der Waals surface area contributed by atoms with Gasteiger partial charge >= 0.3 is 0 Å². The van der Waals surface area contributed by atoms with Gasteiger partial charge in [-0.15, -0.1) is 0 Å². The number of aromatic nitrogens is 2. The van der Waals surface area contributed by atoms with E-state index in [0.717, 1.165) is 36.1 Å². The van der Waals surface area contributed by atoms with Crippen LogP contribution in [0.3, 0.4) is 0 Å². The summed E-state index contributed by atoms with van der Waals surface area (Å²) >= 11 is 0. The Morgan fingerprint density at radius 3 is 2.70 bits per heavy atom. The van der Waals surface area contributed by atoms with Gasteiger partial charge in [-0.1, -0.05) is 12.1 Å². The number of hydrogen-bond acceptors (Lipinski definition) is 5. The summed E-state index contributed by atoms with van der Waals surface area (Å²) in [5.41, 5.74) is 9.23. The van der Waals surface area contributed by atoms with Crippen molar-refractivity contribution in [3.63, 3.8) is 0 Å². The highest BCUT2D eigenvalue weighted by atomic mass is 16.5. The van der Waals surface area contributed by atoms with E-state index in [1.807, 2.05) is 42.5 Å². The molecular formula is C20H23N5O2. The minimum atomic E-state index is 0.146. The second kappa shape index (κ2) is 6.92. The van der Waals surface area contributed by atoms with Gasteiger partial charge in [0, 0.05) is 24.2 Å². The van der Waals surface area contributed by atoms with Crippen LogP contribution in [0.25, 0.3) is 10.9 Å². The zero-order valence-corrected chi connectivity index (χ0v) is 15.4. The minimum absolute atomic E-state index is 0.146. The Hall–Kier alpha value is -3.06. The van der Waals surface area contributed by atoms with Gasteiger partial charge in [0.15, 0.2) is 5.82 Å². The van der Waals surface area contributed by atoms with Crippen molar-refractivity contribution in [2.75, 3.05) is 28.6 Å². The number of H-pyrrole nitrogens is 1. The Labute approximate surface area is 157 Å². The van der Waals surface area contributed by atoms with E-state index in [9.17, 15) is 4.79 Å². The summed E-state index contributed by atoms with van der Waals surface area (Å²) in [4.78, 5) is 15.7. The van der Waals surface area contributed by atoms with Gasteiger partial charge in [0.25, 0.3) is 0 Å². The molecule has 7 nitrogen and oxygen atoms in total. The predicted octanol–water partition coefficient (Wildman–Crippen LogP) is 3.05. The van der Waals surface area contributed by atoms with E-state index in [0.29, 0.717) is 17.2 Å². The van der Waals surface area contributed by atoms with Crippen LogP contribution in [0, 0.1) is 0 Å². The zero-order chi connectivity index (χ0) is 19.0.